The molecule has 2 aromatic carbocycles. The van der Waals surface area contributed by atoms with Gasteiger partial charge in [-0.1, -0.05) is 50.1 Å². The highest BCUT2D eigenvalue weighted by molar-refractivity contribution is 7.96. The monoisotopic (exact) mass is 620 g/mol. The fraction of sp³-hybridized carbons (Fsp3) is 0.486. The Hall–Kier alpha value is -3.30. The molecule has 3 aromatic rings. The molecule has 2 saturated heterocycles. The molecule has 0 saturated carbocycles. The summed E-state index contributed by atoms with van der Waals surface area (Å²) in [4.78, 5) is 19.6. The van der Waals surface area contributed by atoms with Gasteiger partial charge in [0.15, 0.2) is 0 Å². The van der Waals surface area contributed by atoms with Gasteiger partial charge in [-0.05, 0) is 79.7 Å². The molecule has 2 fully saturated rings. The van der Waals surface area contributed by atoms with E-state index < -0.39 is 5.97 Å². The maximum absolute atomic E-state index is 13.3. The number of benzene rings is 2. The minimum Gasteiger partial charge on any atom is -0.493 e. The number of carboxylic acid groups (broad SMARTS) is 1. The molecule has 2 aliphatic rings. The second-order valence-electron chi connectivity index (χ2n) is 12.7. The van der Waals surface area contributed by atoms with Gasteiger partial charge in [0.1, 0.15) is 17.4 Å². The van der Waals surface area contributed by atoms with E-state index in [-0.39, 0.29) is 23.7 Å². The molecule has 2 aliphatic heterocycles. The lowest BCUT2D eigenvalue weighted by Crippen LogP contribution is -2.39. The van der Waals surface area contributed by atoms with Crippen molar-refractivity contribution in [2.45, 2.75) is 65.3 Å². The second-order valence-corrected chi connectivity index (χ2v) is 13.6. The highest BCUT2D eigenvalue weighted by Crippen LogP contribution is 2.44. The standard InChI is InChI=1S/C35H45FN4O3S/c1-24-30(23-31(41)42)33(39-20-16-35(2,3)17-21-39)32(34(37-24)38-28-13-18-40(44-4)19-14-28)26-7-11-29(12-8-26)43-22-15-25-5-9-27(36)10-6-25/h5-12,28H,13-23H2,1-4H3,(H,37,38)(H,41,42). The summed E-state index contributed by atoms with van der Waals surface area (Å²) in [5, 5.41) is 13.8. The Labute approximate surface area is 265 Å². The largest absolute Gasteiger partial charge is 0.493 e. The first-order valence-electron chi connectivity index (χ1n) is 15.7. The third-order valence-corrected chi connectivity index (χ3v) is 9.89. The molecule has 236 valence electrons. The van der Waals surface area contributed by atoms with Gasteiger partial charge >= 0.3 is 5.97 Å². The zero-order chi connectivity index (χ0) is 31.3. The molecule has 1 aromatic heterocycles. The predicted molar refractivity (Wildman–Crippen MR) is 178 cm³/mol. The Morgan fingerprint density at radius 3 is 2.34 bits per heavy atom. The first kappa shape index (κ1) is 32.1. The summed E-state index contributed by atoms with van der Waals surface area (Å²) in [6.07, 6.45) is 6.85. The summed E-state index contributed by atoms with van der Waals surface area (Å²) in [5.74, 6) is 0.481. The lowest BCUT2D eigenvalue weighted by atomic mass is 9.82. The molecule has 0 bridgehead atoms. The van der Waals surface area contributed by atoms with E-state index in [1.165, 1.54) is 12.1 Å². The zero-order valence-electron chi connectivity index (χ0n) is 26.4. The summed E-state index contributed by atoms with van der Waals surface area (Å²) >= 11 is 1.79. The lowest BCUT2D eigenvalue weighted by Gasteiger charge is -2.40. The Kier molecular flexibility index (Phi) is 10.4. The molecule has 2 N–H and O–H groups in total. The molecule has 0 radical (unpaired) electrons. The van der Waals surface area contributed by atoms with Gasteiger partial charge in [-0.2, -0.15) is 0 Å². The van der Waals surface area contributed by atoms with E-state index >= 15 is 0 Å². The number of pyridine rings is 1. The molecule has 3 heterocycles. The van der Waals surface area contributed by atoms with E-state index in [0.717, 1.165) is 97.1 Å². The zero-order valence-corrected chi connectivity index (χ0v) is 27.2. The average molecular weight is 621 g/mol. The molecule has 7 nitrogen and oxygen atoms in total. The Morgan fingerprint density at radius 2 is 1.73 bits per heavy atom. The quantitative estimate of drug-likeness (QED) is 0.218. The number of ether oxygens (including phenoxy) is 1. The molecule has 0 amide bonds. The fourth-order valence-corrected chi connectivity index (χ4v) is 6.76. The van der Waals surface area contributed by atoms with Crippen LogP contribution in [-0.2, 0) is 17.6 Å². The van der Waals surface area contributed by atoms with Crippen LogP contribution >= 0.6 is 11.9 Å². The van der Waals surface area contributed by atoms with Crippen molar-refractivity contribution >= 4 is 29.4 Å². The molecule has 44 heavy (non-hydrogen) atoms. The minimum atomic E-state index is -0.852. The van der Waals surface area contributed by atoms with Crippen molar-refractivity contribution in [1.29, 1.82) is 0 Å². The number of anilines is 2. The first-order valence-corrected chi connectivity index (χ1v) is 16.8. The van der Waals surface area contributed by atoms with Crippen molar-refractivity contribution in [3.8, 4) is 16.9 Å². The normalized spacial score (nSPS) is 17.4. The summed E-state index contributed by atoms with van der Waals surface area (Å²) in [6, 6.07) is 14.9. The minimum absolute atomic E-state index is 0.0714. The molecule has 5 rings (SSSR count). The van der Waals surface area contributed by atoms with E-state index in [9.17, 15) is 14.3 Å². The highest BCUT2D eigenvalue weighted by atomic mass is 32.2. The number of hydrogen-bond donors (Lipinski definition) is 2. The molecular formula is C35H45FN4O3S. The number of aromatic nitrogens is 1. The summed E-state index contributed by atoms with van der Waals surface area (Å²) in [7, 11) is 0. The van der Waals surface area contributed by atoms with E-state index in [4.69, 9.17) is 9.72 Å². The maximum Gasteiger partial charge on any atom is 0.307 e. The molecule has 0 unspecified atom stereocenters. The number of aryl methyl sites for hydroxylation is 1. The average Bonchev–Trinajstić information content (AvgIpc) is 3.00. The Morgan fingerprint density at radius 1 is 1.07 bits per heavy atom. The van der Waals surface area contributed by atoms with E-state index in [1.807, 2.05) is 19.1 Å². The smallest absolute Gasteiger partial charge is 0.307 e. The predicted octanol–water partition coefficient (Wildman–Crippen LogP) is 7.23. The number of aliphatic carboxylic acids is 1. The van der Waals surface area contributed by atoms with Crippen molar-refractivity contribution < 1.29 is 19.0 Å². The van der Waals surface area contributed by atoms with Gasteiger partial charge in [-0.3, -0.25) is 9.10 Å². The molecular weight excluding hydrogens is 575 g/mol. The highest BCUT2D eigenvalue weighted by Gasteiger charge is 2.31. The number of carbonyl (C=O) groups is 1. The number of hydrogen-bond acceptors (Lipinski definition) is 7. The Balaban J connectivity index is 1.48. The van der Waals surface area contributed by atoms with Crippen LogP contribution in [0.25, 0.3) is 11.1 Å². The van der Waals surface area contributed by atoms with Crippen molar-refractivity contribution in [1.82, 2.24) is 9.29 Å². The van der Waals surface area contributed by atoms with Gasteiger partial charge in [0.25, 0.3) is 0 Å². The van der Waals surface area contributed by atoms with Gasteiger partial charge < -0.3 is 20.1 Å². The van der Waals surface area contributed by atoms with Gasteiger partial charge in [0.05, 0.1) is 18.7 Å². The summed E-state index contributed by atoms with van der Waals surface area (Å²) in [5.41, 5.74) is 5.77. The topological polar surface area (TPSA) is 77.9 Å². The lowest BCUT2D eigenvalue weighted by molar-refractivity contribution is -0.136. The van der Waals surface area contributed by atoms with Crippen LogP contribution in [0.3, 0.4) is 0 Å². The molecule has 0 atom stereocenters. The number of nitrogens with zero attached hydrogens (tertiary/aromatic N) is 3. The van der Waals surface area contributed by atoms with E-state index in [2.05, 4.69) is 46.8 Å². The van der Waals surface area contributed by atoms with Gasteiger partial charge in [0, 0.05) is 55.5 Å². The molecule has 0 aliphatic carbocycles. The first-order chi connectivity index (χ1) is 21.1. The van der Waals surface area contributed by atoms with Crippen molar-refractivity contribution in [2.24, 2.45) is 5.41 Å². The van der Waals surface area contributed by atoms with Gasteiger partial charge in [-0.25, -0.2) is 9.37 Å². The maximum atomic E-state index is 13.3. The number of rotatable bonds is 11. The Bertz CT molecular complexity index is 1410. The van der Waals surface area contributed by atoms with Crippen LogP contribution in [0.1, 0.15) is 56.4 Å². The third-order valence-electron chi connectivity index (χ3n) is 9.01. The van der Waals surface area contributed by atoms with E-state index in [1.54, 1.807) is 24.1 Å². The van der Waals surface area contributed by atoms with Crippen molar-refractivity contribution in [3.63, 3.8) is 0 Å². The van der Waals surface area contributed by atoms with Gasteiger partial charge in [-0.15, -0.1) is 0 Å². The van der Waals surface area contributed by atoms with Crippen LogP contribution in [0.15, 0.2) is 48.5 Å². The fourth-order valence-electron chi connectivity index (χ4n) is 6.18. The van der Waals surface area contributed by atoms with Gasteiger partial charge in [0.2, 0.25) is 0 Å². The summed E-state index contributed by atoms with van der Waals surface area (Å²) in [6.45, 7) is 10.8. The van der Waals surface area contributed by atoms with Crippen molar-refractivity contribution in [2.75, 3.05) is 49.3 Å². The molecule has 9 heteroatoms. The SMILES string of the molecule is CSN1CCC(Nc2nc(C)c(CC(=O)O)c(N3CCC(C)(C)CC3)c2-c2ccc(OCCc3ccc(F)cc3)cc2)CC1. The van der Waals surface area contributed by atoms with Crippen LogP contribution in [0, 0.1) is 18.2 Å². The number of carboxylic acids is 1. The van der Waals surface area contributed by atoms with E-state index in [0.29, 0.717) is 13.0 Å². The molecule has 0 spiro atoms. The van der Waals surface area contributed by atoms with Crippen LogP contribution in [0.4, 0.5) is 15.9 Å². The van der Waals surface area contributed by atoms with Crippen molar-refractivity contribution in [3.05, 3.63) is 71.2 Å². The summed E-state index contributed by atoms with van der Waals surface area (Å²) < 4.78 is 21.7. The van der Waals surface area contributed by atoms with Crippen LogP contribution < -0.4 is 15.0 Å². The number of halogens is 1. The number of piperidine rings is 2. The second kappa shape index (κ2) is 14.2. The van der Waals surface area contributed by atoms with Crippen LogP contribution in [-0.4, -0.2) is 65.4 Å². The number of nitrogens with one attached hydrogen (secondary N) is 1. The van der Waals surface area contributed by atoms with Crippen LogP contribution in [0.2, 0.25) is 0 Å². The van der Waals surface area contributed by atoms with Crippen LogP contribution in [0.5, 0.6) is 5.75 Å². The third kappa shape index (κ3) is 8.04.